The van der Waals surface area contributed by atoms with Gasteiger partial charge in [0.15, 0.2) is 12.4 Å². The van der Waals surface area contributed by atoms with E-state index < -0.39 is 5.97 Å². The molecule has 1 aromatic carbocycles. The van der Waals surface area contributed by atoms with E-state index >= 15 is 0 Å². The lowest BCUT2D eigenvalue weighted by Crippen LogP contribution is -2.51. The van der Waals surface area contributed by atoms with Crippen LogP contribution in [-0.2, 0) is 9.53 Å². The largest absolute Gasteiger partial charge is 0.507 e. The number of para-hydroxylation sites is 1. The topological polar surface area (TPSA) is 63.6 Å². The monoisotopic (exact) mass is 328 g/mol. The van der Waals surface area contributed by atoms with Gasteiger partial charge in [-0.1, -0.05) is 12.1 Å². The van der Waals surface area contributed by atoms with Gasteiger partial charge >= 0.3 is 5.97 Å². The average molecular weight is 328 g/mol. The highest BCUT2D eigenvalue weighted by atomic mass is 16.5. The lowest BCUT2D eigenvalue weighted by Gasteiger charge is -2.55. The number of carbonyl (C=O) groups excluding carboxylic acids is 2. The summed E-state index contributed by atoms with van der Waals surface area (Å²) < 4.78 is 5.27. The maximum atomic E-state index is 12.8. The van der Waals surface area contributed by atoms with Crippen LogP contribution >= 0.6 is 0 Å². The molecule has 24 heavy (non-hydrogen) atoms. The molecular formula is C20H24O4. The Morgan fingerprint density at radius 2 is 1.71 bits per heavy atom. The Labute approximate surface area is 142 Å². The number of phenolic OH excluding ortho intramolecular Hbond substituents is 1. The lowest BCUT2D eigenvalue weighted by molar-refractivity contribution is -0.147. The number of ether oxygens (including phenoxy) is 1. The van der Waals surface area contributed by atoms with E-state index in [9.17, 15) is 14.7 Å². The molecule has 4 heteroatoms. The highest BCUT2D eigenvalue weighted by Crippen LogP contribution is 2.60. The van der Waals surface area contributed by atoms with E-state index in [4.69, 9.17) is 4.74 Å². The van der Waals surface area contributed by atoms with Gasteiger partial charge in [-0.2, -0.15) is 0 Å². The number of hydrogen-bond acceptors (Lipinski definition) is 4. The first kappa shape index (κ1) is 15.7. The van der Waals surface area contributed by atoms with Gasteiger partial charge in [0.25, 0.3) is 0 Å². The van der Waals surface area contributed by atoms with Gasteiger partial charge in [0.1, 0.15) is 11.3 Å². The lowest BCUT2D eigenvalue weighted by atomic mass is 9.48. The van der Waals surface area contributed by atoms with Crippen molar-refractivity contribution < 1.29 is 19.4 Å². The maximum Gasteiger partial charge on any atom is 0.342 e. The molecule has 4 bridgehead atoms. The van der Waals surface area contributed by atoms with Crippen molar-refractivity contribution in [1.29, 1.82) is 0 Å². The molecule has 0 atom stereocenters. The van der Waals surface area contributed by atoms with Gasteiger partial charge in [0.05, 0.1) is 0 Å². The summed E-state index contributed by atoms with van der Waals surface area (Å²) in [6, 6.07) is 4.96. The van der Waals surface area contributed by atoms with Crippen molar-refractivity contribution in [2.24, 2.45) is 23.2 Å². The molecule has 0 aliphatic heterocycles. The number of Topliss-reactive ketones (excluding diaryl/α,β-unsaturated/α-hetero) is 1. The molecule has 5 rings (SSSR count). The van der Waals surface area contributed by atoms with Crippen molar-refractivity contribution in [1.82, 2.24) is 0 Å². The van der Waals surface area contributed by atoms with Gasteiger partial charge < -0.3 is 9.84 Å². The summed E-state index contributed by atoms with van der Waals surface area (Å²) in [7, 11) is 0. The molecule has 1 N–H and O–H groups in total. The standard InChI is InChI=1S/C20H24O4/c1-12-3-2-4-16(18(12)22)19(23)24-11-17(21)20-8-13-5-14(9-20)7-15(6-13)10-20/h2-4,13-15,22H,5-11H2,1H3. The summed E-state index contributed by atoms with van der Waals surface area (Å²) in [4.78, 5) is 25.1. The minimum atomic E-state index is -0.616. The van der Waals surface area contributed by atoms with Crippen LogP contribution in [0.3, 0.4) is 0 Å². The van der Waals surface area contributed by atoms with Gasteiger partial charge in [-0.3, -0.25) is 4.79 Å². The van der Waals surface area contributed by atoms with Crippen molar-refractivity contribution in [3.63, 3.8) is 0 Å². The Kier molecular flexibility index (Phi) is 3.66. The molecule has 4 nitrogen and oxygen atoms in total. The number of rotatable bonds is 4. The van der Waals surface area contributed by atoms with Crippen LogP contribution in [0.1, 0.15) is 54.4 Å². The first-order valence-corrected chi connectivity index (χ1v) is 8.96. The molecule has 4 saturated carbocycles. The minimum Gasteiger partial charge on any atom is -0.507 e. The van der Waals surface area contributed by atoms with Crippen LogP contribution in [0.5, 0.6) is 5.75 Å². The summed E-state index contributed by atoms with van der Waals surface area (Å²) in [5, 5.41) is 9.98. The van der Waals surface area contributed by atoms with Crippen molar-refractivity contribution in [3.8, 4) is 5.75 Å². The van der Waals surface area contributed by atoms with E-state index in [1.165, 1.54) is 25.3 Å². The van der Waals surface area contributed by atoms with Crippen molar-refractivity contribution in [2.45, 2.75) is 45.4 Å². The number of benzene rings is 1. The second-order valence-corrected chi connectivity index (χ2v) is 8.17. The van der Waals surface area contributed by atoms with Crippen molar-refractivity contribution >= 4 is 11.8 Å². The Balaban J connectivity index is 1.43. The second kappa shape index (κ2) is 5.61. The summed E-state index contributed by atoms with van der Waals surface area (Å²) in [5.41, 5.74) is 0.508. The van der Waals surface area contributed by atoms with Crippen LogP contribution in [0, 0.1) is 30.1 Å². The van der Waals surface area contributed by atoms with E-state index in [1.54, 1.807) is 19.1 Å². The zero-order valence-electron chi connectivity index (χ0n) is 14.1. The maximum absolute atomic E-state index is 12.8. The second-order valence-electron chi connectivity index (χ2n) is 8.17. The molecule has 4 fully saturated rings. The number of esters is 1. The van der Waals surface area contributed by atoms with E-state index in [0.29, 0.717) is 23.3 Å². The molecule has 4 aliphatic rings. The van der Waals surface area contributed by atoms with Gasteiger partial charge in [0, 0.05) is 5.41 Å². The van der Waals surface area contributed by atoms with Gasteiger partial charge in [0.2, 0.25) is 0 Å². The molecule has 0 amide bonds. The van der Waals surface area contributed by atoms with E-state index in [2.05, 4.69) is 0 Å². The fourth-order valence-corrected chi connectivity index (χ4v) is 5.64. The molecule has 0 radical (unpaired) electrons. The summed E-state index contributed by atoms with van der Waals surface area (Å²) >= 11 is 0. The summed E-state index contributed by atoms with van der Waals surface area (Å²) in [6.45, 7) is 1.56. The van der Waals surface area contributed by atoms with Gasteiger partial charge in [-0.05, 0) is 74.8 Å². The van der Waals surface area contributed by atoms with Gasteiger partial charge in [-0.25, -0.2) is 4.79 Å². The predicted octanol–water partition coefficient (Wildman–Crippen LogP) is 3.64. The molecule has 128 valence electrons. The molecule has 0 saturated heterocycles. The summed E-state index contributed by atoms with van der Waals surface area (Å²) in [6.07, 6.45) is 6.78. The Bertz CT molecular complexity index is 656. The zero-order chi connectivity index (χ0) is 16.9. The van der Waals surface area contributed by atoms with Crippen LogP contribution in [-0.4, -0.2) is 23.5 Å². The zero-order valence-corrected chi connectivity index (χ0v) is 14.1. The number of aryl methyl sites for hydroxylation is 1. The number of ketones is 1. The molecular weight excluding hydrogens is 304 g/mol. The van der Waals surface area contributed by atoms with Crippen LogP contribution in [0.2, 0.25) is 0 Å². The molecule has 4 aliphatic carbocycles. The van der Waals surface area contributed by atoms with Crippen molar-refractivity contribution in [3.05, 3.63) is 29.3 Å². The van der Waals surface area contributed by atoms with E-state index in [1.807, 2.05) is 0 Å². The Morgan fingerprint density at radius 3 is 2.29 bits per heavy atom. The highest BCUT2D eigenvalue weighted by Gasteiger charge is 2.54. The average Bonchev–Trinajstić information content (AvgIpc) is 2.53. The predicted molar refractivity (Wildman–Crippen MR) is 88.7 cm³/mol. The van der Waals surface area contributed by atoms with Crippen LogP contribution < -0.4 is 0 Å². The van der Waals surface area contributed by atoms with E-state index in [-0.39, 0.29) is 29.1 Å². The molecule has 0 heterocycles. The number of phenols is 1. The fourth-order valence-electron chi connectivity index (χ4n) is 5.64. The Morgan fingerprint density at radius 1 is 1.12 bits per heavy atom. The third kappa shape index (κ3) is 2.52. The fraction of sp³-hybridized carbons (Fsp3) is 0.600. The number of carbonyl (C=O) groups is 2. The SMILES string of the molecule is Cc1cccc(C(=O)OCC(=O)C23CC4CC(CC(C4)C2)C3)c1O. The van der Waals surface area contributed by atoms with Gasteiger partial charge in [-0.15, -0.1) is 0 Å². The molecule has 0 aromatic heterocycles. The smallest absolute Gasteiger partial charge is 0.342 e. The quantitative estimate of drug-likeness (QED) is 0.857. The number of hydrogen-bond donors (Lipinski definition) is 1. The normalized spacial score (nSPS) is 33.5. The van der Waals surface area contributed by atoms with Crippen LogP contribution in [0.15, 0.2) is 18.2 Å². The Hall–Kier alpha value is -1.84. The number of aromatic hydroxyl groups is 1. The van der Waals surface area contributed by atoms with Crippen LogP contribution in [0.25, 0.3) is 0 Å². The third-order valence-electron chi connectivity index (χ3n) is 6.42. The molecule has 0 spiro atoms. The molecule has 0 unspecified atom stereocenters. The van der Waals surface area contributed by atoms with Crippen LogP contribution in [0.4, 0.5) is 0 Å². The first-order chi connectivity index (χ1) is 11.5. The third-order valence-corrected chi connectivity index (χ3v) is 6.42. The van der Waals surface area contributed by atoms with E-state index in [0.717, 1.165) is 19.3 Å². The highest BCUT2D eigenvalue weighted by molar-refractivity contribution is 5.95. The minimum absolute atomic E-state index is 0.0650. The first-order valence-electron chi connectivity index (χ1n) is 8.96. The summed E-state index contributed by atoms with van der Waals surface area (Å²) in [5.74, 6) is 1.48. The van der Waals surface area contributed by atoms with Crippen molar-refractivity contribution in [2.75, 3.05) is 6.61 Å². The molecule has 1 aromatic rings.